The first kappa shape index (κ1) is 11.0. The molecule has 86 valence electrons. The van der Waals surface area contributed by atoms with Crippen LogP contribution < -0.4 is 15.4 Å². The number of benzene rings is 1. The molecule has 1 aromatic carbocycles. The van der Waals surface area contributed by atoms with Crippen LogP contribution in [0.1, 0.15) is 5.56 Å². The molecule has 2 rings (SSSR count). The van der Waals surface area contributed by atoms with E-state index in [1.807, 2.05) is 12.1 Å². The van der Waals surface area contributed by atoms with Crippen molar-refractivity contribution < 1.29 is 4.74 Å². The maximum Gasteiger partial charge on any atom is 0.142 e. The molecule has 0 unspecified atom stereocenters. The lowest BCUT2D eigenvalue weighted by Gasteiger charge is -2.30. The van der Waals surface area contributed by atoms with Crippen molar-refractivity contribution in [3.63, 3.8) is 0 Å². The first-order valence-corrected chi connectivity index (χ1v) is 5.67. The van der Waals surface area contributed by atoms with Crippen molar-refractivity contribution in [3.8, 4) is 5.75 Å². The van der Waals surface area contributed by atoms with E-state index in [9.17, 15) is 0 Å². The van der Waals surface area contributed by atoms with Gasteiger partial charge in [-0.1, -0.05) is 12.1 Å². The van der Waals surface area contributed by atoms with Crippen LogP contribution in [0, 0.1) is 0 Å². The molecule has 0 atom stereocenters. The zero-order valence-electron chi connectivity index (χ0n) is 9.48. The molecule has 3 nitrogen and oxygen atoms in total. The second-order valence-corrected chi connectivity index (χ2v) is 3.92. The highest BCUT2D eigenvalue weighted by Crippen LogP contribution is 2.32. The average Bonchev–Trinajstić information content (AvgIpc) is 2.31. The predicted octanol–water partition coefficient (Wildman–Crippen LogP) is 1.57. The van der Waals surface area contributed by atoms with Gasteiger partial charge < -0.3 is 15.4 Å². The Balaban J connectivity index is 2.28. The van der Waals surface area contributed by atoms with Gasteiger partial charge in [0.15, 0.2) is 0 Å². The third-order valence-corrected chi connectivity index (χ3v) is 2.77. The molecule has 1 heterocycles. The Labute approximate surface area is 96.5 Å². The van der Waals surface area contributed by atoms with Crippen LogP contribution in [0.3, 0.4) is 0 Å². The molecule has 1 aliphatic heterocycles. The van der Waals surface area contributed by atoms with Crippen LogP contribution in [0.2, 0.25) is 0 Å². The van der Waals surface area contributed by atoms with Gasteiger partial charge in [-0.25, -0.2) is 0 Å². The third-order valence-electron chi connectivity index (χ3n) is 2.77. The van der Waals surface area contributed by atoms with Crippen molar-refractivity contribution in [2.45, 2.75) is 6.42 Å². The molecular formula is C13H18N2O. The zero-order chi connectivity index (χ0) is 11.4. The SMILES string of the molecule is C=CCN1CCOc2ccc(CCN)cc21. The summed E-state index contributed by atoms with van der Waals surface area (Å²) in [4.78, 5) is 2.28. The fourth-order valence-corrected chi connectivity index (χ4v) is 1.99. The topological polar surface area (TPSA) is 38.5 Å². The van der Waals surface area contributed by atoms with Crippen molar-refractivity contribution in [3.05, 3.63) is 36.4 Å². The first-order chi connectivity index (χ1) is 7.85. The van der Waals surface area contributed by atoms with Crippen molar-refractivity contribution in [2.75, 3.05) is 31.1 Å². The van der Waals surface area contributed by atoms with Gasteiger partial charge in [-0.05, 0) is 30.7 Å². The molecule has 0 fully saturated rings. The second-order valence-electron chi connectivity index (χ2n) is 3.92. The standard InChI is InChI=1S/C13H18N2O/c1-2-7-15-8-9-16-13-4-3-11(5-6-14)10-12(13)15/h2-4,10H,1,5-9,14H2. The van der Waals surface area contributed by atoms with E-state index < -0.39 is 0 Å². The minimum atomic E-state index is 0.682. The van der Waals surface area contributed by atoms with Crippen molar-refractivity contribution in [1.29, 1.82) is 0 Å². The summed E-state index contributed by atoms with van der Waals surface area (Å²) in [6, 6.07) is 6.30. The third kappa shape index (κ3) is 2.19. The highest BCUT2D eigenvalue weighted by Gasteiger charge is 2.16. The Morgan fingerprint density at radius 2 is 2.38 bits per heavy atom. The van der Waals surface area contributed by atoms with Gasteiger partial charge >= 0.3 is 0 Å². The summed E-state index contributed by atoms with van der Waals surface area (Å²) in [6.07, 6.45) is 2.83. The average molecular weight is 218 g/mol. The van der Waals surface area contributed by atoms with Crippen molar-refractivity contribution in [2.24, 2.45) is 5.73 Å². The highest BCUT2D eigenvalue weighted by molar-refractivity contribution is 5.61. The summed E-state index contributed by atoms with van der Waals surface area (Å²) in [5.41, 5.74) is 8.00. The molecule has 2 N–H and O–H groups in total. The number of ether oxygens (including phenoxy) is 1. The summed E-state index contributed by atoms with van der Waals surface area (Å²) >= 11 is 0. The lowest BCUT2D eigenvalue weighted by molar-refractivity contribution is 0.309. The van der Waals surface area contributed by atoms with Gasteiger partial charge in [0.25, 0.3) is 0 Å². The zero-order valence-corrected chi connectivity index (χ0v) is 9.48. The normalized spacial score (nSPS) is 14.2. The van der Waals surface area contributed by atoms with Gasteiger partial charge in [0, 0.05) is 6.54 Å². The molecular weight excluding hydrogens is 200 g/mol. The van der Waals surface area contributed by atoms with E-state index in [4.69, 9.17) is 10.5 Å². The van der Waals surface area contributed by atoms with Crippen LogP contribution in [0.15, 0.2) is 30.9 Å². The molecule has 0 bridgehead atoms. The van der Waals surface area contributed by atoms with E-state index in [0.717, 1.165) is 37.6 Å². The molecule has 0 saturated heterocycles. The fourth-order valence-electron chi connectivity index (χ4n) is 1.99. The minimum absolute atomic E-state index is 0.682. The monoisotopic (exact) mass is 218 g/mol. The van der Waals surface area contributed by atoms with Gasteiger partial charge in [-0.15, -0.1) is 6.58 Å². The predicted molar refractivity (Wildman–Crippen MR) is 67.1 cm³/mol. The summed E-state index contributed by atoms with van der Waals surface area (Å²) in [5, 5.41) is 0. The summed E-state index contributed by atoms with van der Waals surface area (Å²) in [7, 11) is 0. The first-order valence-electron chi connectivity index (χ1n) is 5.67. The van der Waals surface area contributed by atoms with Gasteiger partial charge in [-0.3, -0.25) is 0 Å². The number of fused-ring (bicyclic) bond motifs is 1. The van der Waals surface area contributed by atoms with Crippen LogP contribution in [0.5, 0.6) is 5.75 Å². The van der Waals surface area contributed by atoms with Gasteiger partial charge in [-0.2, -0.15) is 0 Å². The Morgan fingerprint density at radius 3 is 3.12 bits per heavy atom. The van der Waals surface area contributed by atoms with Gasteiger partial charge in [0.05, 0.1) is 12.2 Å². The number of rotatable bonds is 4. The van der Waals surface area contributed by atoms with E-state index in [0.29, 0.717) is 6.54 Å². The summed E-state index contributed by atoms with van der Waals surface area (Å²) in [6.45, 7) is 7.00. The molecule has 0 amide bonds. The minimum Gasteiger partial charge on any atom is -0.490 e. The van der Waals surface area contributed by atoms with Gasteiger partial charge in [0.2, 0.25) is 0 Å². The van der Waals surface area contributed by atoms with E-state index in [1.54, 1.807) is 0 Å². The highest BCUT2D eigenvalue weighted by atomic mass is 16.5. The Bertz CT molecular complexity index is 376. The van der Waals surface area contributed by atoms with Crippen LogP contribution >= 0.6 is 0 Å². The largest absolute Gasteiger partial charge is 0.490 e. The summed E-state index contributed by atoms with van der Waals surface area (Å²) < 4.78 is 5.63. The molecule has 0 aromatic heterocycles. The van der Waals surface area contributed by atoms with Crippen LogP contribution in [-0.4, -0.2) is 26.2 Å². The lowest BCUT2D eigenvalue weighted by atomic mass is 10.1. The number of nitrogens with two attached hydrogens (primary N) is 1. The Hall–Kier alpha value is -1.48. The fraction of sp³-hybridized carbons (Fsp3) is 0.385. The maximum absolute atomic E-state index is 5.63. The number of hydrogen-bond donors (Lipinski definition) is 1. The molecule has 1 aliphatic rings. The molecule has 1 aromatic rings. The van der Waals surface area contributed by atoms with Crippen LogP contribution in [0.25, 0.3) is 0 Å². The molecule has 16 heavy (non-hydrogen) atoms. The molecule has 0 saturated carbocycles. The van der Waals surface area contributed by atoms with E-state index in [1.165, 1.54) is 5.56 Å². The molecule has 0 radical (unpaired) electrons. The summed E-state index contributed by atoms with van der Waals surface area (Å²) in [5.74, 6) is 0.967. The van der Waals surface area contributed by atoms with Crippen molar-refractivity contribution in [1.82, 2.24) is 0 Å². The van der Waals surface area contributed by atoms with Crippen molar-refractivity contribution >= 4 is 5.69 Å². The number of nitrogens with zero attached hydrogens (tertiary/aromatic N) is 1. The Kier molecular flexibility index (Phi) is 3.47. The second kappa shape index (κ2) is 5.03. The number of anilines is 1. The molecule has 0 aliphatic carbocycles. The van der Waals surface area contributed by atoms with E-state index in [-0.39, 0.29) is 0 Å². The Morgan fingerprint density at radius 1 is 1.50 bits per heavy atom. The van der Waals surface area contributed by atoms with E-state index >= 15 is 0 Å². The van der Waals surface area contributed by atoms with Gasteiger partial charge in [0.1, 0.15) is 12.4 Å². The van der Waals surface area contributed by atoms with E-state index in [2.05, 4.69) is 23.6 Å². The maximum atomic E-state index is 5.63. The molecule has 3 heteroatoms. The number of hydrogen-bond acceptors (Lipinski definition) is 3. The lowest BCUT2D eigenvalue weighted by Crippen LogP contribution is -2.32. The molecule has 0 spiro atoms. The quantitative estimate of drug-likeness (QED) is 0.780. The smallest absolute Gasteiger partial charge is 0.142 e. The van der Waals surface area contributed by atoms with Crippen LogP contribution in [0.4, 0.5) is 5.69 Å². The van der Waals surface area contributed by atoms with Crippen LogP contribution in [-0.2, 0) is 6.42 Å².